The molecule has 2 rings (SSSR count). The molecule has 0 radical (unpaired) electrons. The molecular weight excluding hydrogens is 471 g/mol. The number of halogens is 3. The van der Waals surface area contributed by atoms with Crippen molar-refractivity contribution in [2.75, 3.05) is 0 Å². The summed E-state index contributed by atoms with van der Waals surface area (Å²) in [5.74, 6) is 0.224. The minimum atomic E-state index is 0.224. The Morgan fingerprint density at radius 3 is 2.17 bits per heavy atom. The third kappa shape index (κ3) is 3.59. The Kier molecular flexibility index (Phi) is 4.86. The number of phenols is 1. The Bertz CT molecular complexity index is 585. The lowest BCUT2D eigenvalue weighted by atomic mass is 10.1. The van der Waals surface area contributed by atoms with Gasteiger partial charge in [-0.1, -0.05) is 24.3 Å². The zero-order valence-electron chi connectivity index (χ0n) is 9.20. The average molecular weight is 480 g/mol. The number of hydrogen-bond donors (Lipinski definition) is 1. The van der Waals surface area contributed by atoms with E-state index in [0.717, 1.165) is 11.1 Å². The zero-order chi connectivity index (χ0) is 13.1. The quantitative estimate of drug-likeness (QED) is 0.433. The fourth-order valence-electron chi connectivity index (χ4n) is 1.48. The molecule has 0 unspecified atom stereocenters. The Balaban J connectivity index is 2.29. The molecule has 0 atom stereocenters. The van der Waals surface area contributed by atoms with Gasteiger partial charge in [0.1, 0.15) is 5.75 Å². The van der Waals surface area contributed by atoms with Gasteiger partial charge < -0.3 is 5.11 Å². The van der Waals surface area contributed by atoms with Gasteiger partial charge in [0, 0.05) is 3.57 Å². The molecule has 2 aromatic carbocycles. The highest BCUT2D eigenvalue weighted by Gasteiger charge is 2.03. The van der Waals surface area contributed by atoms with Crippen LogP contribution in [0.25, 0.3) is 12.2 Å². The molecule has 0 aliphatic heterocycles. The SMILES string of the molecule is Oc1c(Br)cc(/C=C/c2cccc(I)c2)cc1Br. The molecule has 0 bridgehead atoms. The van der Waals surface area contributed by atoms with E-state index in [9.17, 15) is 5.11 Å². The van der Waals surface area contributed by atoms with E-state index in [-0.39, 0.29) is 5.75 Å². The van der Waals surface area contributed by atoms with Crippen LogP contribution >= 0.6 is 54.5 Å². The molecular formula is C14H9Br2IO. The van der Waals surface area contributed by atoms with E-state index < -0.39 is 0 Å². The van der Waals surface area contributed by atoms with Crippen LogP contribution in [0.2, 0.25) is 0 Å². The molecule has 18 heavy (non-hydrogen) atoms. The second kappa shape index (κ2) is 6.21. The summed E-state index contributed by atoms with van der Waals surface area (Å²) in [6, 6.07) is 12.0. The minimum Gasteiger partial charge on any atom is -0.506 e. The van der Waals surface area contributed by atoms with Crippen molar-refractivity contribution >= 4 is 66.6 Å². The van der Waals surface area contributed by atoms with Crippen LogP contribution in [0.3, 0.4) is 0 Å². The molecule has 0 heterocycles. The second-order valence-electron chi connectivity index (χ2n) is 3.72. The molecule has 0 aliphatic carbocycles. The van der Waals surface area contributed by atoms with Gasteiger partial charge in [0.05, 0.1) is 8.95 Å². The largest absolute Gasteiger partial charge is 0.506 e. The Hall–Kier alpha value is -0.330. The van der Waals surface area contributed by atoms with Crippen LogP contribution in [0.15, 0.2) is 45.3 Å². The van der Waals surface area contributed by atoms with Crippen molar-refractivity contribution in [1.29, 1.82) is 0 Å². The molecule has 1 nitrogen and oxygen atoms in total. The topological polar surface area (TPSA) is 20.2 Å². The normalized spacial score (nSPS) is 11.1. The van der Waals surface area contributed by atoms with E-state index in [2.05, 4.69) is 72.6 Å². The smallest absolute Gasteiger partial charge is 0.143 e. The molecule has 4 heteroatoms. The van der Waals surface area contributed by atoms with Crippen molar-refractivity contribution in [2.45, 2.75) is 0 Å². The van der Waals surface area contributed by atoms with Crippen molar-refractivity contribution in [1.82, 2.24) is 0 Å². The predicted octanol–water partition coefficient (Wildman–Crippen LogP) is 5.69. The summed E-state index contributed by atoms with van der Waals surface area (Å²) in [4.78, 5) is 0. The first-order chi connectivity index (χ1) is 8.56. The van der Waals surface area contributed by atoms with E-state index in [4.69, 9.17) is 0 Å². The van der Waals surface area contributed by atoms with Crippen LogP contribution < -0.4 is 0 Å². The first kappa shape index (κ1) is 14.1. The van der Waals surface area contributed by atoms with E-state index >= 15 is 0 Å². The van der Waals surface area contributed by atoms with Crippen LogP contribution in [0.4, 0.5) is 0 Å². The Labute approximate surface area is 136 Å². The third-order valence-electron chi connectivity index (χ3n) is 2.36. The van der Waals surface area contributed by atoms with Crippen LogP contribution in [0.5, 0.6) is 5.75 Å². The maximum absolute atomic E-state index is 9.63. The fraction of sp³-hybridized carbons (Fsp3) is 0. The summed E-state index contributed by atoms with van der Waals surface area (Å²) in [5, 5.41) is 9.63. The maximum Gasteiger partial charge on any atom is 0.143 e. The lowest BCUT2D eigenvalue weighted by Gasteiger charge is -2.02. The molecule has 0 spiro atoms. The van der Waals surface area contributed by atoms with Crippen LogP contribution in [0, 0.1) is 3.57 Å². The summed E-state index contributed by atoms with van der Waals surface area (Å²) in [7, 11) is 0. The first-order valence-corrected chi connectivity index (χ1v) is 7.84. The molecule has 0 saturated carbocycles. The number of benzene rings is 2. The molecule has 0 saturated heterocycles. The van der Waals surface area contributed by atoms with Crippen molar-refractivity contribution < 1.29 is 5.11 Å². The van der Waals surface area contributed by atoms with Gasteiger partial charge in [-0.05, 0) is 89.8 Å². The molecule has 1 N–H and O–H groups in total. The van der Waals surface area contributed by atoms with E-state index in [0.29, 0.717) is 8.95 Å². The van der Waals surface area contributed by atoms with Gasteiger partial charge >= 0.3 is 0 Å². The highest BCUT2D eigenvalue weighted by atomic mass is 127. The lowest BCUT2D eigenvalue weighted by Crippen LogP contribution is -1.78. The van der Waals surface area contributed by atoms with Crippen LogP contribution in [0.1, 0.15) is 11.1 Å². The monoisotopic (exact) mass is 478 g/mol. The van der Waals surface area contributed by atoms with E-state index in [1.54, 1.807) is 0 Å². The van der Waals surface area contributed by atoms with Gasteiger partial charge in [0.25, 0.3) is 0 Å². The van der Waals surface area contributed by atoms with Gasteiger partial charge in [-0.15, -0.1) is 0 Å². The first-order valence-electron chi connectivity index (χ1n) is 5.18. The molecule has 0 aromatic heterocycles. The third-order valence-corrected chi connectivity index (χ3v) is 4.24. The van der Waals surface area contributed by atoms with E-state index in [1.165, 1.54) is 3.57 Å². The van der Waals surface area contributed by atoms with Crippen molar-refractivity contribution in [3.05, 3.63) is 60.0 Å². The summed E-state index contributed by atoms with van der Waals surface area (Å²) >= 11 is 8.93. The number of phenolic OH excluding ortho intramolecular Hbond substituents is 1. The van der Waals surface area contributed by atoms with Crippen LogP contribution in [-0.4, -0.2) is 5.11 Å². The summed E-state index contributed by atoms with van der Waals surface area (Å²) < 4.78 is 2.57. The number of hydrogen-bond acceptors (Lipinski definition) is 1. The van der Waals surface area contributed by atoms with Crippen molar-refractivity contribution in [3.8, 4) is 5.75 Å². The predicted molar refractivity (Wildman–Crippen MR) is 91.6 cm³/mol. The summed E-state index contributed by atoms with van der Waals surface area (Å²) in [6.45, 7) is 0. The molecule has 0 amide bonds. The molecule has 92 valence electrons. The van der Waals surface area contributed by atoms with Crippen molar-refractivity contribution in [2.24, 2.45) is 0 Å². The van der Waals surface area contributed by atoms with Crippen LogP contribution in [-0.2, 0) is 0 Å². The summed E-state index contributed by atoms with van der Waals surface area (Å²) in [5.41, 5.74) is 2.17. The maximum atomic E-state index is 9.63. The van der Waals surface area contributed by atoms with Crippen molar-refractivity contribution in [3.63, 3.8) is 0 Å². The molecule has 0 aliphatic rings. The average Bonchev–Trinajstić information content (AvgIpc) is 2.33. The zero-order valence-corrected chi connectivity index (χ0v) is 14.5. The summed E-state index contributed by atoms with van der Waals surface area (Å²) in [6.07, 6.45) is 4.06. The number of aromatic hydroxyl groups is 1. The highest BCUT2D eigenvalue weighted by Crippen LogP contribution is 2.33. The van der Waals surface area contributed by atoms with Gasteiger partial charge in [-0.2, -0.15) is 0 Å². The standard InChI is InChI=1S/C14H9Br2IO/c15-12-7-10(8-13(16)14(12)18)5-4-9-2-1-3-11(17)6-9/h1-8,18H/b5-4+. The van der Waals surface area contributed by atoms with Gasteiger partial charge in [-0.3, -0.25) is 0 Å². The van der Waals surface area contributed by atoms with Gasteiger partial charge in [-0.25, -0.2) is 0 Å². The number of rotatable bonds is 2. The molecule has 2 aromatic rings. The minimum absolute atomic E-state index is 0.224. The van der Waals surface area contributed by atoms with Gasteiger partial charge in [0.15, 0.2) is 0 Å². The Morgan fingerprint density at radius 2 is 1.56 bits per heavy atom. The lowest BCUT2D eigenvalue weighted by molar-refractivity contribution is 0.468. The van der Waals surface area contributed by atoms with E-state index in [1.807, 2.05) is 30.4 Å². The molecule has 0 fully saturated rings. The highest BCUT2D eigenvalue weighted by molar-refractivity contribution is 14.1. The fourth-order valence-corrected chi connectivity index (χ4v) is 3.27. The van der Waals surface area contributed by atoms with Gasteiger partial charge in [0.2, 0.25) is 0 Å². The Morgan fingerprint density at radius 1 is 0.944 bits per heavy atom. The second-order valence-corrected chi connectivity index (χ2v) is 6.68.